The van der Waals surface area contributed by atoms with Crippen LogP contribution in [0.2, 0.25) is 0 Å². The highest BCUT2D eigenvalue weighted by molar-refractivity contribution is 5.75. The number of nitrogens with one attached hydrogen (secondary N) is 1. The van der Waals surface area contributed by atoms with Crippen LogP contribution in [-0.4, -0.2) is 27.3 Å². The van der Waals surface area contributed by atoms with Crippen molar-refractivity contribution in [2.45, 2.75) is 58.0 Å². The first-order chi connectivity index (χ1) is 9.45. The van der Waals surface area contributed by atoms with Gasteiger partial charge in [-0.25, -0.2) is 0 Å². The fraction of sp³-hybridized carbons (Fsp3) is 0.733. The number of nitrogens with zero attached hydrogens (tertiary/aromatic N) is 2. The molecule has 1 atom stereocenters. The van der Waals surface area contributed by atoms with E-state index in [0.717, 1.165) is 12.8 Å². The second-order valence-corrected chi connectivity index (χ2v) is 5.62. The summed E-state index contributed by atoms with van der Waals surface area (Å²) in [6.45, 7) is 4.07. The lowest BCUT2D eigenvalue weighted by Gasteiger charge is -2.22. The molecular weight excluding hydrogens is 254 g/mol. The zero-order chi connectivity index (χ0) is 15.0. The number of aryl methyl sites for hydroxylation is 1. The minimum Gasteiger partial charge on any atom is -0.383 e. The summed E-state index contributed by atoms with van der Waals surface area (Å²) in [5.74, 6) is 0.00524. The summed E-state index contributed by atoms with van der Waals surface area (Å²) in [6, 6.07) is 0. The molecule has 114 valence electrons. The van der Waals surface area contributed by atoms with Crippen LogP contribution in [0, 0.1) is 0 Å². The average Bonchev–Trinajstić information content (AvgIpc) is 2.84. The van der Waals surface area contributed by atoms with Crippen LogP contribution in [0.4, 0.5) is 0 Å². The minimum atomic E-state index is -1.08. The van der Waals surface area contributed by atoms with Gasteiger partial charge in [0.05, 0.1) is 12.7 Å². The van der Waals surface area contributed by atoms with Crippen molar-refractivity contribution >= 4 is 5.91 Å². The van der Waals surface area contributed by atoms with Gasteiger partial charge in [-0.3, -0.25) is 9.48 Å². The summed E-state index contributed by atoms with van der Waals surface area (Å²) in [6.07, 6.45) is 9.57. The van der Waals surface area contributed by atoms with Gasteiger partial charge in [-0.2, -0.15) is 5.10 Å². The lowest BCUT2D eigenvalue weighted by atomic mass is 9.99. The lowest BCUT2D eigenvalue weighted by molar-refractivity contribution is -0.122. The predicted molar refractivity (Wildman–Crippen MR) is 79.2 cm³/mol. The van der Waals surface area contributed by atoms with Crippen molar-refractivity contribution in [3.8, 4) is 0 Å². The first kappa shape index (κ1) is 16.7. The molecule has 1 amide bonds. The number of hydrogen-bond donors (Lipinski definition) is 2. The quantitative estimate of drug-likeness (QED) is 0.681. The van der Waals surface area contributed by atoms with Crippen molar-refractivity contribution < 1.29 is 9.90 Å². The van der Waals surface area contributed by atoms with Crippen LogP contribution in [0.3, 0.4) is 0 Å². The summed E-state index contributed by atoms with van der Waals surface area (Å²) in [5, 5.41) is 17.1. The molecule has 1 aromatic rings. The molecule has 0 fully saturated rings. The summed E-state index contributed by atoms with van der Waals surface area (Å²) in [5.41, 5.74) is -0.366. The molecule has 0 radical (unpaired) electrons. The average molecular weight is 281 g/mol. The summed E-state index contributed by atoms with van der Waals surface area (Å²) in [7, 11) is 1.80. The van der Waals surface area contributed by atoms with Gasteiger partial charge in [0.1, 0.15) is 5.60 Å². The van der Waals surface area contributed by atoms with E-state index in [2.05, 4.69) is 17.3 Å². The first-order valence-corrected chi connectivity index (χ1v) is 7.44. The van der Waals surface area contributed by atoms with Gasteiger partial charge >= 0.3 is 0 Å². The van der Waals surface area contributed by atoms with Crippen LogP contribution in [-0.2, 0) is 17.4 Å². The molecule has 5 nitrogen and oxygen atoms in total. The highest BCUT2D eigenvalue weighted by atomic mass is 16.3. The maximum absolute atomic E-state index is 11.7. The largest absolute Gasteiger partial charge is 0.383 e. The van der Waals surface area contributed by atoms with E-state index in [-0.39, 0.29) is 12.5 Å². The second-order valence-electron chi connectivity index (χ2n) is 5.62. The third-order valence-electron chi connectivity index (χ3n) is 3.46. The fourth-order valence-electron chi connectivity index (χ4n) is 2.05. The van der Waals surface area contributed by atoms with E-state index in [9.17, 15) is 9.90 Å². The molecule has 1 heterocycles. The van der Waals surface area contributed by atoms with Crippen LogP contribution in [0.1, 0.15) is 57.9 Å². The van der Waals surface area contributed by atoms with Gasteiger partial charge in [-0.05, 0) is 13.3 Å². The Hall–Kier alpha value is -1.36. The summed E-state index contributed by atoms with van der Waals surface area (Å²) >= 11 is 0. The molecule has 5 heteroatoms. The van der Waals surface area contributed by atoms with E-state index >= 15 is 0 Å². The van der Waals surface area contributed by atoms with Gasteiger partial charge in [0, 0.05) is 25.2 Å². The minimum absolute atomic E-state index is 0.00524. The highest BCUT2D eigenvalue weighted by Gasteiger charge is 2.25. The Morgan fingerprint density at radius 2 is 2.10 bits per heavy atom. The third kappa shape index (κ3) is 5.74. The zero-order valence-corrected chi connectivity index (χ0v) is 12.9. The van der Waals surface area contributed by atoms with Crippen LogP contribution in [0.5, 0.6) is 0 Å². The molecule has 0 saturated carbocycles. The van der Waals surface area contributed by atoms with Gasteiger partial charge in [-0.15, -0.1) is 0 Å². The van der Waals surface area contributed by atoms with Crippen molar-refractivity contribution in [2.75, 3.05) is 6.54 Å². The van der Waals surface area contributed by atoms with Crippen LogP contribution in [0.15, 0.2) is 12.4 Å². The molecule has 1 rings (SSSR count). The highest BCUT2D eigenvalue weighted by Crippen LogP contribution is 2.18. The molecule has 0 spiro atoms. The lowest BCUT2D eigenvalue weighted by Crippen LogP contribution is -2.38. The van der Waals surface area contributed by atoms with Gasteiger partial charge in [-0.1, -0.05) is 32.6 Å². The zero-order valence-electron chi connectivity index (χ0n) is 12.9. The smallest absolute Gasteiger partial charge is 0.220 e. The Labute approximate surface area is 121 Å². The number of aromatic nitrogens is 2. The van der Waals surface area contributed by atoms with Gasteiger partial charge in [0.15, 0.2) is 0 Å². The topological polar surface area (TPSA) is 67.2 Å². The molecule has 1 unspecified atom stereocenters. The molecular formula is C15H27N3O2. The second kappa shape index (κ2) is 8.04. The van der Waals surface area contributed by atoms with Crippen molar-refractivity contribution in [1.29, 1.82) is 0 Å². The van der Waals surface area contributed by atoms with E-state index in [1.54, 1.807) is 31.0 Å². The van der Waals surface area contributed by atoms with Crippen molar-refractivity contribution in [3.63, 3.8) is 0 Å². The number of unbranched alkanes of at least 4 members (excludes halogenated alkanes) is 4. The van der Waals surface area contributed by atoms with Crippen molar-refractivity contribution in [3.05, 3.63) is 18.0 Å². The van der Waals surface area contributed by atoms with Gasteiger partial charge in [0.25, 0.3) is 0 Å². The van der Waals surface area contributed by atoms with E-state index in [1.165, 1.54) is 19.3 Å². The van der Waals surface area contributed by atoms with E-state index in [0.29, 0.717) is 12.0 Å². The van der Waals surface area contributed by atoms with Crippen LogP contribution >= 0.6 is 0 Å². The molecule has 0 bridgehead atoms. The van der Waals surface area contributed by atoms with E-state index in [1.807, 2.05) is 0 Å². The molecule has 20 heavy (non-hydrogen) atoms. The number of rotatable bonds is 9. The maximum atomic E-state index is 11.7. The number of amides is 1. The molecule has 0 aliphatic rings. The SMILES string of the molecule is CCCCCCCC(=O)NCC(C)(O)c1cnn(C)c1. The molecule has 2 N–H and O–H groups in total. The van der Waals surface area contributed by atoms with E-state index in [4.69, 9.17) is 0 Å². The maximum Gasteiger partial charge on any atom is 0.220 e. The summed E-state index contributed by atoms with van der Waals surface area (Å²) < 4.78 is 1.64. The number of aliphatic hydroxyl groups is 1. The first-order valence-electron chi connectivity index (χ1n) is 7.44. The van der Waals surface area contributed by atoms with E-state index < -0.39 is 5.60 Å². The molecule has 0 aliphatic heterocycles. The fourth-order valence-corrected chi connectivity index (χ4v) is 2.05. The Balaban J connectivity index is 2.26. The summed E-state index contributed by atoms with van der Waals surface area (Å²) in [4.78, 5) is 11.7. The molecule has 1 aromatic heterocycles. The third-order valence-corrected chi connectivity index (χ3v) is 3.46. The van der Waals surface area contributed by atoms with Gasteiger partial charge < -0.3 is 10.4 Å². The van der Waals surface area contributed by atoms with Crippen molar-refractivity contribution in [1.82, 2.24) is 15.1 Å². The Kier molecular flexibility index (Phi) is 6.71. The van der Waals surface area contributed by atoms with Crippen LogP contribution < -0.4 is 5.32 Å². The standard InChI is InChI=1S/C15H27N3O2/c1-4-5-6-7-8-9-14(19)16-12-15(2,20)13-10-17-18(3)11-13/h10-11,20H,4-9,12H2,1-3H3,(H,16,19). The molecule has 0 saturated heterocycles. The van der Waals surface area contributed by atoms with Gasteiger partial charge in [0.2, 0.25) is 5.91 Å². The predicted octanol–water partition coefficient (Wildman–Crippen LogP) is 2.10. The number of carbonyl (C=O) groups is 1. The Morgan fingerprint density at radius 3 is 2.70 bits per heavy atom. The Morgan fingerprint density at radius 1 is 1.40 bits per heavy atom. The molecule has 0 aliphatic carbocycles. The Bertz CT molecular complexity index is 413. The van der Waals surface area contributed by atoms with Crippen LogP contribution in [0.25, 0.3) is 0 Å². The van der Waals surface area contributed by atoms with Crippen molar-refractivity contribution in [2.24, 2.45) is 7.05 Å². The normalized spacial score (nSPS) is 14.0. The molecule has 0 aromatic carbocycles. The number of carbonyl (C=O) groups excluding carboxylic acids is 1. The monoisotopic (exact) mass is 281 g/mol. The number of hydrogen-bond acceptors (Lipinski definition) is 3.